The van der Waals surface area contributed by atoms with Crippen LogP contribution in [0, 0.1) is 5.41 Å². The first-order valence-electron chi connectivity index (χ1n) is 6.97. The van der Waals surface area contributed by atoms with Crippen molar-refractivity contribution in [3.05, 3.63) is 18.2 Å². The quantitative estimate of drug-likeness (QED) is 0.878. The highest BCUT2D eigenvalue weighted by Gasteiger charge is 2.27. The summed E-state index contributed by atoms with van der Waals surface area (Å²) in [5.41, 5.74) is 0.485. The molecule has 0 aliphatic heterocycles. The van der Waals surface area contributed by atoms with Crippen molar-refractivity contribution in [1.82, 2.24) is 4.98 Å². The molecule has 0 spiro atoms. The van der Waals surface area contributed by atoms with Crippen molar-refractivity contribution >= 4 is 5.82 Å². The lowest BCUT2D eigenvalue weighted by molar-refractivity contribution is 0.0950. The number of ether oxygens (including phenoxy) is 1. The van der Waals surface area contributed by atoms with Crippen molar-refractivity contribution < 1.29 is 4.74 Å². The summed E-state index contributed by atoms with van der Waals surface area (Å²) in [4.78, 5) is 4.46. The van der Waals surface area contributed by atoms with Gasteiger partial charge in [-0.2, -0.15) is 4.98 Å². The predicted octanol–water partition coefficient (Wildman–Crippen LogP) is 3.86. The Morgan fingerprint density at radius 3 is 2.72 bits per heavy atom. The van der Waals surface area contributed by atoms with E-state index in [4.69, 9.17) is 4.74 Å². The van der Waals surface area contributed by atoms with Crippen molar-refractivity contribution in [2.75, 3.05) is 11.9 Å². The zero-order valence-electron chi connectivity index (χ0n) is 11.7. The van der Waals surface area contributed by atoms with Crippen LogP contribution in [0.1, 0.15) is 46.5 Å². The highest BCUT2D eigenvalue weighted by molar-refractivity contribution is 5.36. The minimum absolute atomic E-state index is 0.336. The van der Waals surface area contributed by atoms with E-state index < -0.39 is 0 Å². The van der Waals surface area contributed by atoms with Crippen molar-refractivity contribution in [2.24, 2.45) is 5.41 Å². The summed E-state index contributed by atoms with van der Waals surface area (Å²) >= 11 is 0. The van der Waals surface area contributed by atoms with Crippen LogP contribution < -0.4 is 10.1 Å². The molecule has 100 valence electrons. The van der Waals surface area contributed by atoms with Gasteiger partial charge in [0.25, 0.3) is 0 Å². The van der Waals surface area contributed by atoms with E-state index in [2.05, 4.69) is 31.1 Å². The minimum atomic E-state index is 0.336. The van der Waals surface area contributed by atoms with E-state index in [0.29, 0.717) is 11.5 Å². The second-order valence-corrected chi connectivity index (χ2v) is 5.87. The summed E-state index contributed by atoms with van der Waals surface area (Å²) < 4.78 is 5.98. The van der Waals surface area contributed by atoms with E-state index in [1.54, 1.807) is 0 Å². The highest BCUT2D eigenvalue weighted by atomic mass is 16.5. The number of rotatable bonds is 4. The molecule has 0 saturated heterocycles. The lowest BCUT2D eigenvalue weighted by Gasteiger charge is -2.34. The largest absolute Gasteiger partial charge is 0.474 e. The standard InChI is InChI=1S/C15H24N2O/c1-4-16-13-6-5-7-14(17-13)18-12-8-10-15(2,3)11-9-12/h5-7,12H,4,8-11H2,1-3H3,(H,16,17). The van der Waals surface area contributed by atoms with Crippen LogP contribution in [0.15, 0.2) is 18.2 Å². The molecule has 0 amide bonds. The number of anilines is 1. The molecular weight excluding hydrogens is 224 g/mol. The SMILES string of the molecule is CCNc1cccc(OC2CCC(C)(C)CC2)n1. The Balaban J connectivity index is 1.91. The number of pyridine rings is 1. The first-order chi connectivity index (χ1) is 8.59. The summed E-state index contributed by atoms with van der Waals surface area (Å²) in [5, 5.41) is 3.21. The maximum absolute atomic E-state index is 5.98. The molecule has 0 atom stereocenters. The lowest BCUT2D eigenvalue weighted by atomic mass is 9.76. The molecular formula is C15H24N2O. The van der Waals surface area contributed by atoms with Crippen LogP contribution in [0.3, 0.4) is 0 Å². The van der Waals surface area contributed by atoms with Gasteiger partial charge in [0.2, 0.25) is 5.88 Å². The Labute approximate surface area is 110 Å². The van der Waals surface area contributed by atoms with Gasteiger partial charge >= 0.3 is 0 Å². The van der Waals surface area contributed by atoms with Crippen molar-refractivity contribution in [1.29, 1.82) is 0 Å². The average molecular weight is 248 g/mol. The second-order valence-electron chi connectivity index (χ2n) is 5.87. The number of aromatic nitrogens is 1. The molecule has 2 rings (SSSR count). The fraction of sp³-hybridized carbons (Fsp3) is 0.667. The molecule has 1 fully saturated rings. The van der Waals surface area contributed by atoms with Gasteiger partial charge in [-0.1, -0.05) is 19.9 Å². The van der Waals surface area contributed by atoms with E-state index in [9.17, 15) is 0 Å². The van der Waals surface area contributed by atoms with E-state index in [0.717, 1.165) is 31.1 Å². The Bertz CT molecular complexity index is 380. The smallest absolute Gasteiger partial charge is 0.215 e. The summed E-state index contributed by atoms with van der Waals surface area (Å²) in [6.07, 6.45) is 5.09. The zero-order chi connectivity index (χ0) is 13.0. The molecule has 1 N–H and O–H groups in total. The number of nitrogens with one attached hydrogen (secondary N) is 1. The van der Waals surface area contributed by atoms with Crippen molar-refractivity contribution in [3.63, 3.8) is 0 Å². The van der Waals surface area contributed by atoms with Crippen LogP contribution in [0.4, 0.5) is 5.82 Å². The van der Waals surface area contributed by atoms with E-state index in [-0.39, 0.29) is 0 Å². The van der Waals surface area contributed by atoms with Gasteiger partial charge < -0.3 is 10.1 Å². The Kier molecular flexibility index (Phi) is 4.10. The molecule has 0 bridgehead atoms. The Morgan fingerprint density at radius 1 is 1.33 bits per heavy atom. The Hall–Kier alpha value is -1.25. The van der Waals surface area contributed by atoms with Gasteiger partial charge in [0, 0.05) is 12.6 Å². The molecule has 0 radical (unpaired) electrons. The van der Waals surface area contributed by atoms with Crippen LogP contribution in [0.2, 0.25) is 0 Å². The molecule has 0 aromatic carbocycles. The first-order valence-corrected chi connectivity index (χ1v) is 6.97. The fourth-order valence-electron chi connectivity index (χ4n) is 2.42. The average Bonchev–Trinajstić information content (AvgIpc) is 2.33. The maximum Gasteiger partial charge on any atom is 0.215 e. The molecule has 18 heavy (non-hydrogen) atoms. The van der Waals surface area contributed by atoms with E-state index in [1.165, 1.54) is 12.8 Å². The van der Waals surface area contributed by atoms with E-state index >= 15 is 0 Å². The lowest BCUT2D eigenvalue weighted by Crippen LogP contribution is -2.28. The van der Waals surface area contributed by atoms with Crippen molar-refractivity contribution in [2.45, 2.75) is 52.6 Å². The first kappa shape index (κ1) is 13.2. The van der Waals surface area contributed by atoms with Crippen LogP contribution in [-0.2, 0) is 0 Å². The van der Waals surface area contributed by atoms with Crippen LogP contribution in [0.25, 0.3) is 0 Å². The fourth-order valence-corrected chi connectivity index (χ4v) is 2.42. The molecule has 1 saturated carbocycles. The van der Waals surface area contributed by atoms with Gasteiger partial charge in [-0.05, 0) is 44.1 Å². The van der Waals surface area contributed by atoms with Gasteiger partial charge in [0.05, 0.1) is 0 Å². The van der Waals surface area contributed by atoms with Crippen molar-refractivity contribution in [3.8, 4) is 5.88 Å². The van der Waals surface area contributed by atoms with Gasteiger partial charge in [-0.25, -0.2) is 0 Å². The van der Waals surface area contributed by atoms with Gasteiger partial charge in [-0.3, -0.25) is 0 Å². The molecule has 1 aliphatic carbocycles. The van der Waals surface area contributed by atoms with Crippen LogP contribution >= 0.6 is 0 Å². The summed E-state index contributed by atoms with van der Waals surface area (Å²) in [5.74, 6) is 1.64. The zero-order valence-corrected chi connectivity index (χ0v) is 11.7. The van der Waals surface area contributed by atoms with Gasteiger partial charge in [-0.15, -0.1) is 0 Å². The minimum Gasteiger partial charge on any atom is -0.474 e. The second kappa shape index (κ2) is 5.59. The molecule has 1 heterocycles. The molecule has 1 aliphatic rings. The molecule has 1 aromatic rings. The Morgan fingerprint density at radius 2 is 2.06 bits per heavy atom. The monoisotopic (exact) mass is 248 g/mol. The maximum atomic E-state index is 5.98. The third-order valence-electron chi connectivity index (χ3n) is 3.66. The van der Waals surface area contributed by atoms with E-state index in [1.807, 2.05) is 18.2 Å². The highest BCUT2D eigenvalue weighted by Crippen LogP contribution is 2.36. The topological polar surface area (TPSA) is 34.1 Å². The van der Waals surface area contributed by atoms with Crippen LogP contribution in [0.5, 0.6) is 5.88 Å². The van der Waals surface area contributed by atoms with Gasteiger partial charge in [0.1, 0.15) is 11.9 Å². The number of hydrogen-bond acceptors (Lipinski definition) is 3. The number of nitrogens with zero attached hydrogens (tertiary/aromatic N) is 1. The summed E-state index contributed by atoms with van der Waals surface area (Å²) in [7, 11) is 0. The van der Waals surface area contributed by atoms with Gasteiger partial charge in [0.15, 0.2) is 0 Å². The summed E-state index contributed by atoms with van der Waals surface area (Å²) in [6.45, 7) is 7.63. The third kappa shape index (κ3) is 3.62. The van der Waals surface area contributed by atoms with Crippen LogP contribution in [-0.4, -0.2) is 17.6 Å². The molecule has 0 unspecified atom stereocenters. The molecule has 1 aromatic heterocycles. The predicted molar refractivity (Wildman–Crippen MR) is 75.1 cm³/mol. The normalized spacial score (nSPS) is 19.5. The third-order valence-corrected chi connectivity index (χ3v) is 3.66. The molecule has 3 nitrogen and oxygen atoms in total. The number of hydrogen-bond donors (Lipinski definition) is 1. The molecule has 3 heteroatoms. The summed E-state index contributed by atoms with van der Waals surface area (Å²) in [6, 6.07) is 5.91.